The van der Waals surface area contributed by atoms with Gasteiger partial charge in [-0.25, -0.2) is 15.0 Å². The van der Waals surface area contributed by atoms with Gasteiger partial charge in [-0.05, 0) is 55.6 Å². The zero-order chi connectivity index (χ0) is 26.8. The van der Waals surface area contributed by atoms with Crippen LogP contribution in [0, 0.1) is 0 Å². The van der Waals surface area contributed by atoms with Crippen molar-refractivity contribution in [1.29, 1.82) is 0 Å². The highest BCUT2D eigenvalue weighted by molar-refractivity contribution is 5.92. The van der Waals surface area contributed by atoms with Gasteiger partial charge in [0.25, 0.3) is 0 Å². The molecule has 0 aliphatic rings. The molecule has 0 atom stereocenters. The van der Waals surface area contributed by atoms with Crippen LogP contribution < -0.4 is 5.32 Å². The highest BCUT2D eigenvalue weighted by Gasteiger charge is 2.35. The topological polar surface area (TPSA) is 66.8 Å². The van der Waals surface area contributed by atoms with E-state index in [0.717, 1.165) is 31.4 Å². The third-order valence-electron chi connectivity index (χ3n) is 5.72. The van der Waals surface area contributed by atoms with Gasteiger partial charge >= 0.3 is 12.4 Å². The molecule has 4 aromatic heterocycles. The molecule has 0 unspecified atom stereocenters. The first-order chi connectivity index (χ1) is 17.5. The number of nitrogens with one attached hydrogen (secondary N) is 1. The molecule has 0 aromatic carbocycles. The molecule has 4 heterocycles. The van der Waals surface area contributed by atoms with Gasteiger partial charge in [-0.1, -0.05) is 13.8 Å². The van der Waals surface area contributed by atoms with E-state index in [0.29, 0.717) is 23.3 Å². The molecule has 4 rings (SSSR count). The number of alkyl halides is 6. The van der Waals surface area contributed by atoms with Crippen molar-refractivity contribution in [2.75, 3.05) is 18.4 Å². The van der Waals surface area contributed by atoms with Crippen LogP contribution in [-0.2, 0) is 18.9 Å². The molecule has 0 saturated heterocycles. The normalized spacial score (nSPS) is 12.4. The number of hydrogen-bond donors (Lipinski definition) is 1. The van der Waals surface area contributed by atoms with E-state index in [1.165, 1.54) is 24.4 Å². The van der Waals surface area contributed by atoms with Gasteiger partial charge in [0.05, 0.1) is 28.2 Å². The third kappa shape index (κ3) is 5.96. The zero-order valence-corrected chi connectivity index (χ0v) is 19.8. The van der Waals surface area contributed by atoms with E-state index in [2.05, 4.69) is 30.2 Å². The number of aromatic nitrogens is 4. The molecule has 0 fully saturated rings. The Kier molecular flexibility index (Phi) is 7.30. The first kappa shape index (κ1) is 26.3. The van der Waals surface area contributed by atoms with E-state index in [4.69, 9.17) is 0 Å². The molecule has 194 valence electrons. The molecule has 37 heavy (non-hydrogen) atoms. The summed E-state index contributed by atoms with van der Waals surface area (Å²) in [5.41, 5.74) is -0.952. The van der Waals surface area contributed by atoms with E-state index >= 15 is 0 Å². The first-order valence-electron chi connectivity index (χ1n) is 11.4. The van der Waals surface area contributed by atoms with Crippen molar-refractivity contribution in [2.24, 2.45) is 0 Å². The molecule has 0 aliphatic heterocycles. The van der Waals surface area contributed by atoms with Gasteiger partial charge in [-0.15, -0.1) is 0 Å². The SMILES string of the molecule is CCN(CC)Cc1cc(Nc2ccc(C(F)(F)F)cn2)c2ccc(-c3ncccc3C(F)(F)F)nc2n1. The molecule has 6 nitrogen and oxygen atoms in total. The standard InChI is InChI=1S/C25H22F6N6/c1-3-37(4-2)14-16-12-20(35-21-10-7-15(13-33-21)24(26,27)28)17-8-9-19(36-23(17)34-16)22-18(25(29,30)31)6-5-11-32-22/h5-13H,3-4,14H2,1-2H3,(H,33,34,35,36). The maximum absolute atomic E-state index is 13.6. The van der Waals surface area contributed by atoms with Crippen molar-refractivity contribution in [3.05, 3.63) is 71.7 Å². The average Bonchev–Trinajstić information content (AvgIpc) is 2.86. The fraction of sp³-hybridized carbons (Fsp3) is 0.280. The van der Waals surface area contributed by atoms with Crippen LogP contribution in [0.4, 0.5) is 37.8 Å². The van der Waals surface area contributed by atoms with Crippen molar-refractivity contribution in [1.82, 2.24) is 24.8 Å². The summed E-state index contributed by atoms with van der Waals surface area (Å²) in [5.74, 6) is 0.155. The summed E-state index contributed by atoms with van der Waals surface area (Å²) in [6, 6.07) is 8.91. The largest absolute Gasteiger partial charge is 0.418 e. The Bertz CT molecular complexity index is 1380. The molecule has 0 radical (unpaired) electrons. The van der Waals surface area contributed by atoms with Gasteiger partial charge in [-0.2, -0.15) is 26.3 Å². The van der Waals surface area contributed by atoms with E-state index in [1.807, 2.05) is 13.8 Å². The first-order valence-corrected chi connectivity index (χ1v) is 11.4. The molecule has 0 bridgehead atoms. The van der Waals surface area contributed by atoms with Crippen LogP contribution in [0.2, 0.25) is 0 Å². The van der Waals surface area contributed by atoms with Crippen molar-refractivity contribution in [3.8, 4) is 11.4 Å². The van der Waals surface area contributed by atoms with Gasteiger partial charge in [-0.3, -0.25) is 9.88 Å². The van der Waals surface area contributed by atoms with E-state index in [9.17, 15) is 26.3 Å². The minimum Gasteiger partial charge on any atom is -0.340 e. The van der Waals surface area contributed by atoms with Crippen LogP contribution in [-0.4, -0.2) is 37.9 Å². The van der Waals surface area contributed by atoms with Crippen molar-refractivity contribution < 1.29 is 26.3 Å². The predicted molar refractivity (Wildman–Crippen MR) is 127 cm³/mol. The number of pyridine rings is 4. The number of halogens is 6. The van der Waals surface area contributed by atoms with Gasteiger partial charge in [0.1, 0.15) is 11.5 Å². The quantitative estimate of drug-likeness (QED) is 0.273. The highest BCUT2D eigenvalue weighted by atomic mass is 19.4. The number of rotatable bonds is 7. The Labute approximate surface area is 208 Å². The van der Waals surface area contributed by atoms with Gasteiger partial charge in [0.15, 0.2) is 5.65 Å². The van der Waals surface area contributed by atoms with Gasteiger partial charge in [0, 0.05) is 24.3 Å². The molecule has 0 amide bonds. The van der Waals surface area contributed by atoms with Gasteiger partial charge in [0.2, 0.25) is 0 Å². The Balaban J connectivity index is 1.81. The summed E-state index contributed by atoms with van der Waals surface area (Å²) >= 11 is 0. The van der Waals surface area contributed by atoms with Crippen LogP contribution in [0.5, 0.6) is 0 Å². The monoisotopic (exact) mass is 520 g/mol. The van der Waals surface area contributed by atoms with Crippen LogP contribution in [0.25, 0.3) is 22.4 Å². The number of anilines is 2. The Hall–Kier alpha value is -3.80. The fourth-order valence-electron chi connectivity index (χ4n) is 3.76. The van der Waals surface area contributed by atoms with E-state index < -0.39 is 23.5 Å². The van der Waals surface area contributed by atoms with Crippen LogP contribution in [0.15, 0.2) is 54.9 Å². The Morgan fingerprint density at radius 1 is 0.865 bits per heavy atom. The van der Waals surface area contributed by atoms with Crippen LogP contribution >= 0.6 is 0 Å². The lowest BCUT2D eigenvalue weighted by molar-refractivity contribution is -0.138. The third-order valence-corrected chi connectivity index (χ3v) is 5.72. The van der Waals surface area contributed by atoms with Crippen molar-refractivity contribution in [3.63, 3.8) is 0 Å². The number of hydrogen-bond acceptors (Lipinski definition) is 6. The summed E-state index contributed by atoms with van der Waals surface area (Å²) < 4.78 is 79.5. The molecule has 0 spiro atoms. The smallest absolute Gasteiger partial charge is 0.340 e. The number of fused-ring (bicyclic) bond motifs is 1. The van der Waals surface area contributed by atoms with Crippen molar-refractivity contribution >= 4 is 22.5 Å². The van der Waals surface area contributed by atoms with Gasteiger partial charge < -0.3 is 5.32 Å². The molecular weight excluding hydrogens is 498 g/mol. The molecule has 12 heteroatoms. The lowest BCUT2D eigenvalue weighted by Gasteiger charge is -2.19. The van der Waals surface area contributed by atoms with Crippen LogP contribution in [0.3, 0.4) is 0 Å². The minimum atomic E-state index is -4.63. The summed E-state index contributed by atoms with van der Waals surface area (Å²) in [5, 5.41) is 3.45. The molecule has 0 aliphatic carbocycles. The maximum atomic E-state index is 13.6. The summed E-state index contributed by atoms with van der Waals surface area (Å²) in [7, 11) is 0. The fourth-order valence-corrected chi connectivity index (χ4v) is 3.76. The minimum absolute atomic E-state index is 0.00785. The second-order valence-corrected chi connectivity index (χ2v) is 8.14. The molecular formula is C25H22F6N6. The number of nitrogens with zero attached hydrogens (tertiary/aromatic N) is 5. The maximum Gasteiger partial charge on any atom is 0.418 e. The summed E-state index contributed by atoms with van der Waals surface area (Å²) in [4.78, 5) is 18.8. The van der Waals surface area contributed by atoms with E-state index in [1.54, 1.807) is 12.1 Å². The zero-order valence-electron chi connectivity index (χ0n) is 19.8. The van der Waals surface area contributed by atoms with E-state index in [-0.39, 0.29) is 22.9 Å². The Morgan fingerprint density at radius 3 is 2.24 bits per heavy atom. The summed E-state index contributed by atoms with van der Waals surface area (Å²) in [6.45, 7) is 5.85. The lowest BCUT2D eigenvalue weighted by atomic mass is 10.1. The molecule has 0 saturated carbocycles. The van der Waals surface area contributed by atoms with Crippen molar-refractivity contribution in [2.45, 2.75) is 32.7 Å². The van der Waals surface area contributed by atoms with Crippen LogP contribution in [0.1, 0.15) is 30.7 Å². The average molecular weight is 520 g/mol. The predicted octanol–water partition coefficient (Wildman–Crippen LogP) is 6.71. The Morgan fingerprint density at radius 2 is 1.62 bits per heavy atom. The second kappa shape index (κ2) is 10.3. The summed E-state index contributed by atoms with van der Waals surface area (Å²) in [6.07, 6.45) is -7.17. The molecule has 4 aromatic rings. The second-order valence-electron chi connectivity index (χ2n) is 8.14. The lowest BCUT2D eigenvalue weighted by Crippen LogP contribution is -2.22. The molecule has 1 N–H and O–H groups in total. The highest BCUT2D eigenvalue weighted by Crippen LogP contribution is 2.36.